The van der Waals surface area contributed by atoms with Gasteiger partial charge in [0.1, 0.15) is 0 Å². The van der Waals surface area contributed by atoms with Gasteiger partial charge in [0.25, 0.3) is 0 Å². The van der Waals surface area contributed by atoms with Gasteiger partial charge in [0.2, 0.25) is 0 Å². The zero-order valence-corrected chi connectivity index (χ0v) is 12.2. The topological polar surface area (TPSA) is 86.3 Å². The monoisotopic (exact) mass is 294 g/mol. The first-order valence-electron chi connectivity index (χ1n) is 7.23. The standard InChI is InChI=1S/C15H22N2O4/c1-2-19-14-10-11(15(16)17-18)5-6-13(14)21-9-7-12-4-3-8-20-12/h5-6,10,12,18H,2-4,7-9H2,1H3,(H2,16,17). The zero-order valence-electron chi connectivity index (χ0n) is 12.2. The lowest BCUT2D eigenvalue weighted by Gasteiger charge is -2.14. The zero-order chi connectivity index (χ0) is 15.1. The maximum atomic E-state index is 8.72. The summed E-state index contributed by atoms with van der Waals surface area (Å²) in [6.45, 7) is 3.84. The van der Waals surface area contributed by atoms with Crippen molar-refractivity contribution in [3.63, 3.8) is 0 Å². The molecule has 6 heteroatoms. The fourth-order valence-corrected chi connectivity index (χ4v) is 2.29. The average Bonchev–Trinajstić information content (AvgIpc) is 3.01. The van der Waals surface area contributed by atoms with Gasteiger partial charge < -0.3 is 25.2 Å². The first kappa shape index (κ1) is 15.4. The molecule has 0 aliphatic carbocycles. The maximum Gasteiger partial charge on any atom is 0.170 e. The number of amidine groups is 1. The molecule has 1 heterocycles. The van der Waals surface area contributed by atoms with Gasteiger partial charge in [-0.05, 0) is 38.0 Å². The second kappa shape index (κ2) is 7.73. The lowest BCUT2D eigenvalue weighted by Crippen LogP contribution is -2.14. The normalized spacial score (nSPS) is 18.7. The Morgan fingerprint density at radius 1 is 1.43 bits per heavy atom. The summed E-state index contributed by atoms with van der Waals surface area (Å²) >= 11 is 0. The van der Waals surface area contributed by atoms with E-state index in [0.29, 0.717) is 36.4 Å². The van der Waals surface area contributed by atoms with Crippen molar-refractivity contribution in [3.8, 4) is 11.5 Å². The highest BCUT2D eigenvalue weighted by molar-refractivity contribution is 5.97. The molecule has 21 heavy (non-hydrogen) atoms. The fraction of sp³-hybridized carbons (Fsp3) is 0.533. The van der Waals surface area contributed by atoms with E-state index in [9.17, 15) is 0 Å². The predicted octanol–water partition coefficient (Wildman–Crippen LogP) is 2.13. The molecule has 1 aliphatic rings. The van der Waals surface area contributed by atoms with Crippen molar-refractivity contribution >= 4 is 5.84 Å². The molecule has 0 amide bonds. The molecule has 6 nitrogen and oxygen atoms in total. The SMILES string of the molecule is CCOc1cc(C(N)=NO)ccc1OCCC1CCCO1. The summed E-state index contributed by atoms with van der Waals surface area (Å²) in [6, 6.07) is 5.22. The Bertz CT molecular complexity index is 485. The lowest BCUT2D eigenvalue weighted by atomic mass is 10.2. The highest BCUT2D eigenvalue weighted by Gasteiger charge is 2.16. The van der Waals surface area contributed by atoms with Crippen molar-refractivity contribution in [2.45, 2.75) is 32.3 Å². The van der Waals surface area contributed by atoms with E-state index >= 15 is 0 Å². The van der Waals surface area contributed by atoms with Crippen LogP contribution in [0, 0.1) is 0 Å². The molecule has 0 radical (unpaired) electrons. The van der Waals surface area contributed by atoms with Gasteiger partial charge in [0, 0.05) is 18.6 Å². The van der Waals surface area contributed by atoms with Gasteiger partial charge in [0.05, 0.1) is 19.3 Å². The van der Waals surface area contributed by atoms with E-state index in [4.69, 9.17) is 25.2 Å². The molecule has 116 valence electrons. The highest BCUT2D eigenvalue weighted by Crippen LogP contribution is 2.29. The summed E-state index contributed by atoms with van der Waals surface area (Å²) in [4.78, 5) is 0. The van der Waals surface area contributed by atoms with Crippen LogP contribution >= 0.6 is 0 Å². The molecule has 1 aliphatic heterocycles. The number of oxime groups is 1. The van der Waals surface area contributed by atoms with Crippen LogP contribution < -0.4 is 15.2 Å². The average molecular weight is 294 g/mol. The lowest BCUT2D eigenvalue weighted by molar-refractivity contribution is 0.0897. The number of benzene rings is 1. The second-order valence-electron chi connectivity index (χ2n) is 4.85. The minimum Gasteiger partial charge on any atom is -0.490 e. The Hall–Kier alpha value is -1.95. The van der Waals surface area contributed by atoms with Gasteiger partial charge in [0.15, 0.2) is 17.3 Å². The summed E-state index contributed by atoms with van der Waals surface area (Å²) in [5.41, 5.74) is 6.17. The summed E-state index contributed by atoms with van der Waals surface area (Å²) in [5.74, 6) is 1.29. The number of nitrogens with zero attached hydrogens (tertiary/aromatic N) is 1. The predicted molar refractivity (Wildman–Crippen MR) is 79.2 cm³/mol. The number of hydrogen-bond donors (Lipinski definition) is 2. The Morgan fingerprint density at radius 3 is 2.95 bits per heavy atom. The van der Waals surface area contributed by atoms with E-state index in [2.05, 4.69) is 5.16 Å². The van der Waals surface area contributed by atoms with Gasteiger partial charge in [-0.25, -0.2) is 0 Å². The van der Waals surface area contributed by atoms with Crippen molar-refractivity contribution in [1.29, 1.82) is 0 Å². The maximum absolute atomic E-state index is 8.72. The Balaban J connectivity index is 1.99. The molecular formula is C15H22N2O4. The van der Waals surface area contributed by atoms with E-state index in [1.54, 1.807) is 18.2 Å². The number of hydrogen-bond acceptors (Lipinski definition) is 5. The molecule has 1 fully saturated rings. The van der Waals surface area contributed by atoms with E-state index in [1.807, 2.05) is 6.92 Å². The van der Waals surface area contributed by atoms with Crippen molar-refractivity contribution in [2.75, 3.05) is 19.8 Å². The minimum atomic E-state index is 0.0434. The van der Waals surface area contributed by atoms with Crippen LogP contribution in [0.1, 0.15) is 31.7 Å². The Morgan fingerprint density at radius 2 is 2.29 bits per heavy atom. The van der Waals surface area contributed by atoms with Crippen molar-refractivity contribution < 1.29 is 19.4 Å². The van der Waals surface area contributed by atoms with Crippen LogP contribution in [0.25, 0.3) is 0 Å². The molecular weight excluding hydrogens is 272 g/mol. The smallest absolute Gasteiger partial charge is 0.170 e. The van der Waals surface area contributed by atoms with Crippen LogP contribution in [-0.2, 0) is 4.74 Å². The molecule has 1 aromatic rings. The molecule has 1 atom stereocenters. The van der Waals surface area contributed by atoms with Crippen LogP contribution in [0.2, 0.25) is 0 Å². The number of ether oxygens (including phenoxy) is 3. The van der Waals surface area contributed by atoms with Crippen molar-refractivity contribution in [3.05, 3.63) is 23.8 Å². The third-order valence-electron chi connectivity index (χ3n) is 3.37. The summed E-state index contributed by atoms with van der Waals surface area (Å²) in [7, 11) is 0. The molecule has 0 bridgehead atoms. The molecule has 0 aromatic heterocycles. The molecule has 1 saturated heterocycles. The van der Waals surface area contributed by atoms with E-state index in [1.165, 1.54) is 0 Å². The van der Waals surface area contributed by atoms with E-state index in [0.717, 1.165) is 25.9 Å². The number of rotatable bonds is 7. The third-order valence-corrected chi connectivity index (χ3v) is 3.37. The van der Waals surface area contributed by atoms with Crippen LogP contribution in [0.5, 0.6) is 11.5 Å². The van der Waals surface area contributed by atoms with Gasteiger partial charge in [-0.3, -0.25) is 0 Å². The first-order valence-corrected chi connectivity index (χ1v) is 7.23. The van der Waals surface area contributed by atoms with Gasteiger partial charge in [-0.1, -0.05) is 5.16 Å². The third kappa shape index (κ3) is 4.26. The van der Waals surface area contributed by atoms with Gasteiger partial charge in [-0.2, -0.15) is 0 Å². The second-order valence-corrected chi connectivity index (χ2v) is 4.85. The highest BCUT2D eigenvalue weighted by atomic mass is 16.5. The molecule has 1 unspecified atom stereocenters. The molecule has 2 rings (SSSR count). The van der Waals surface area contributed by atoms with Gasteiger partial charge in [-0.15, -0.1) is 0 Å². The van der Waals surface area contributed by atoms with Crippen molar-refractivity contribution in [2.24, 2.45) is 10.9 Å². The van der Waals surface area contributed by atoms with E-state index in [-0.39, 0.29) is 5.84 Å². The first-order chi connectivity index (χ1) is 10.2. The Labute approximate surface area is 124 Å². The van der Waals surface area contributed by atoms with Crippen LogP contribution in [0.15, 0.2) is 23.4 Å². The molecule has 0 saturated carbocycles. The summed E-state index contributed by atoms with van der Waals surface area (Å²) in [5, 5.41) is 11.7. The fourth-order valence-electron chi connectivity index (χ4n) is 2.29. The van der Waals surface area contributed by atoms with Crippen LogP contribution in [0.3, 0.4) is 0 Å². The van der Waals surface area contributed by atoms with E-state index < -0.39 is 0 Å². The molecule has 3 N–H and O–H groups in total. The van der Waals surface area contributed by atoms with Crippen LogP contribution in [0.4, 0.5) is 0 Å². The van der Waals surface area contributed by atoms with Crippen molar-refractivity contribution in [1.82, 2.24) is 0 Å². The minimum absolute atomic E-state index is 0.0434. The summed E-state index contributed by atoms with van der Waals surface area (Å²) in [6.07, 6.45) is 3.40. The largest absolute Gasteiger partial charge is 0.490 e. The van der Waals surface area contributed by atoms with Gasteiger partial charge >= 0.3 is 0 Å². The Kier molecular flexibility index (Phi) is 5.68. The molecule has 1 aromatic carbocycles. The van der Waals surface area contributed by atoms with Crippen LogP contribution in [-0.4, -0.2) is 37.0 Å². The summed E-state index contributed by atoms with van der Waals surface area (Å²) < 4.78 is 16.9. The molecule has 0 spiro atoms. The number of nitrogens with two attached hydrogens (primary N) is 1. The quantitative estimate of drug-likeness (QED) is 0.348.